The Morgan fingerprint density at radius 2 is 1.87 bits per heavy atom. The molecule has 1 aromatic rings. The maximum Gasteiger partial charge on any atom is 0.357 e. The van der Waals surface area contributed by atoms with Gasteiger partial charge in [0.15, 0.2) is 0 Å². The van der Waals surface area contributed by atoms with Crippen molar-refractivity contribution in [1.29, 1.82) is 0 Å². The molecule has 2 saturated carbocycles. The number of unbranched alkanes of at least 4 members (excludes halogenated alkanes) is 4. The Bertz CT molecular complexity index is 1100. The van der Waals surface area contributed by atoms with E-state index >= 15 is 0 Å². The highest BCUT2D eigenvalue weighted by atomic mass is 32.2. The third kappa shape index (κ3) is 5.45. The fourth-order valence-corrected chi connectivity index (χ4v) is 9.62. The Labute approximate surface area is 230 Å². The number of aryl methyl sites for hydroxylation is 1. The monoisotopic (exact) mass is 544 g/mol. The maximum absolute atomic E-state index is 11.4. The first kappa shape index (κ1) is 28.1. The quantitative estimate of drug-likeness (QED) is 0.172. The number of aliphatic hydroxyl groups is 1. The lowest BCUT2D eigenvalue weighted by Gasteiger charge is -2.60. The van der Waals surface area contributed by atoms with Gasteiger partial charge in [-0.2, -0.15) is 8.42 Å². The largest absolute Gasteiger partial charge is 0.393 e. The van der Waals surface area contributed by atoms with Crippen LogP contribution in [0.3, 0.4) is 0 Å². The van der Waals surface area contributed by atoms with Gasteiger partial charge in [0, 0.05) is 0 Å². The summed E-state index contributed by atoms with van der Waals surface area (Å²) in [5.74, 6) is 1.21. The number of anilines is 1. The second kappa shape index (κ2) is 11.2. The van der Waals surface area contributed by atoms with Crippen molar-refractivity contribution in [2.75, 3.05) is 24.4 Å². The molecule has 1 aromatic carbocycles. The predicted octanol–water partition coefficient (Wildman–Crippen LogP) is 6.34. The number of hydrogen-bond acceptors (Lipinski definition) is 4. The molecule has 38 heavy (non-hydrogen) atoms. The SMILES string of the molecule is C=CC12CCc3cc(NS(=O)(=O)O)ccc3C1[C@@H](CCCCCCCN1CCCC1)C[C@@]1(C)C2CC[C@@H]1O. The van der Waals surface area contributed by atoms with Crippen LogP contribution in [0.2, 0.25) is 0 Å². The minimum atomic E-state index is -4.30. The average Bonchev–Trinajstić information content (AvgIpc) is 3.49. The van der Waals surface area contributed by atoms with Crippen molar-refractivity contribution in [2.45, 2.75) is 102 Å². The molecule has 1 saturated heterocycles. The van der Waals surface area contributed by atoms with Crippen molar-refractivity contribution in [3.63, 3.8) is 0 Å². The van der Waals surface area contributed by atoms with Crippen LogP contribution in [0.1, 0.15) is 101 Å². The van der Waals surface area contributed by atoms with Crippen LogP contribution in [-0.4, -0.2) is 48.7 Å². The lowest BCUT2D eigenvalue weighted by molar-refractivity contribution is -0.0812. The van der Waals surface area contributed by atoms with E-state index in [9.17, 15) is 18.1 Å². The van der Waals surface area contributed by atoms with E-state index in [0.29, 0.717) is 23.4 Å². The Morgan fingerprint density at radius 3 is 2.61 bits per heavy atom. The highest BCUT2D eigenvalue weighted by molar-refractivity contribution is 7.87. The van der Waals surface area contributed by atoms with E-state index in [1.165, 1.54) is 75.7 Å². The average molecular weight is 545 g/mol. The highest BCUT2D eigenvalue weighted by Crippen LogP contribution is 2.69. The zero-order valence-corrected chi connectivity index (χ0v) is 24.0. The first-order valence-electron chi connectivity index (χ1n) is 15.1. The molecule has 3 N–H and O–H groups in total. The van der Waals surface area contributed by atoms with Gasteiger partial charge in [0.05, 0.1) is 11.8 Å². The molecule has 7 heteroatoms. The summed E-state index contributed by atoms with van der Waals surface area (Å²) in [6, 6.07) is 5.79. The van der Waals surface area contributed by atoms with Gasteiger partial charge in [0.2, 0.25) is 0 Å². The summed E-state index contributed by atoms with van der Waals surface area (Å²) in [5, 5.41) is 11.2. The van der Waals surface area contributed by atoms with Crippen molar-refractivity contribution in [3.8, 4) is 0 Å². The number of nitrogens with zero attached hydrogens (tertiary/aromatic N) is 1. The van der Waals surface area contributed by atoms with Gasteiger partial charge in [0.25, 0.3) is 0 Å². The molecule has 6 nitrogen and oxygen atoms in total. The topological polar surface area (TPSA) is 89.9 Å². The van der Waals surface area contributed by atoms with E-state index in [0.717, 1.165) is 38.5 Å². The van der Waals surface area contributed by atoms with Gasteiger partial charge in [-0.25, -0.2) is 0 Å². The maximum atomic E-state index is 11.4. The molecule has 0 spiro atoms. The third-order valence-electron chi connectivity index (χ3n) is 10.9. The van der Waals surface area contributed by atoms with Crippen LogP contribution in [0.4, 0.5) is 5.69 Å². The van der Waals surface area contributed by atoms with Crippen molar-refractivity contribution in [2.24, 2.45) is 22.7 Å². The molecule has 1 heterocycles. The van der Waals surface area contributed by atoms with Crippen molar-refractivity contribution >= 4 is 16.0 Å². The van der Waals surface area contributed by atoms with Gasteiger partial charge in [-0.05, 0) is 129 Å². The third-order valence-corrected chi connectivity index (χ3v) is 11.4. The van der Waals surface area contributed by atoms with Crippen LogP contribution >= 0.6 is 0 Å². The minimum absolute atomic E-state index is 0.0458. The predicted molar refractivity (Wildman–Crippen MR) is 154 cm³/mol. The van der Waals surface area contributed by atoms with Crippen molar-refractivity contribution in [1.82, 2.24) is 4.90 Å². The Balaban J connectivity index is 1.32. The molecule has 3 unspecified atom stereocenters. The van der Waals surface area contributed by atoms with Crippen LogP contribution < -0.4 is 4.72 Å². The van der Waals surface area contributed by atoms with Gasteiger partial charge in [-0.1, -0.05) is 44.7 Å². The molecule has 0 radical (unpaired) electrons. The zero-order chi connectivity index (χ0) is 27.0. The molecule has 1 aliphatic heterocycles. The van der Waals surface area contributed by atoms with Crippen LogP contribution in [0, 0.1) is 22.7 Å². The molecule has 5 rings (SSSR count). The van der Waals surface area contributed by atoms with Crippen LogP contribution in [0.15, 0.2) is 30.9 Å². The molecule has 4 aliphatic rings. The van der Waals surface area contributed by atoms with E-state index in [1.807, 2.05) is 6.07 Å². The smallest absolute Gasteiger partial charge is 0.357 e. The Hall–Kier alpha value is -1.41. The summed E-state index contributed by atoms with van der Waals surface area (Å²) in [4.78, 5) is 2.61. The van der Waals surface area contributed by atoms with Gasteiger partial charge < -0.3 is 10.0 Å². The second-order valence-corrected chi connectivity index (χ2v) is 14.2. The second-order valence-electron chi connectivity index (χ2n) is 13.0. The van der Waals surface area contributed by atoms with Gasteiger partial charge >= 0.3 is 10.3 Å². The zero-order valence-electron chi connectivity index (χ0n) is 23.2. The number of fused-ring (bicyclic) bond motifs is 5. The summed E-state index contributed by atoms with van der Waals surface area (Å²) in [7, 11) is -4.30. The van der Waals surface area contributed by atoms with Crippen molar-refractivity contribution in [3.05, 3.63) is 42.0 Å². The normalized spacial score (nSPS) is 34.9. The summed E-state index contributed by atoms with van der Waals surface area (Å²) in [6.45, 7) is 10.6. The first-order chi connectivity index (χ1) is 18.2. The van der Waals surface area contributed by atoms with Gasteiger partial charge in [0.1, 0.15) is 0 Å². The lowest BCUT2D eigenvalue weighted by Crippen LogP contribution is -2.54. The van der Waals surface area contributed by atoms with E-state index in [2.05, 4.69) is 35.3 Å². The fourth-order valence-electron chi connectivity index (χ4n) is 9.20. The number of aliphatic hydroxyl groups excluding tert-OH is 1. The first-order valence-corrected chi connectivity index (χ1v) is 16.5. The molecular weight excluding hydrogens is 496 g/mol. The lowest BCUT2D eigenvalue weighted by atomic mass is 9.44. The van der Waals surface area contributed by atoms with Crippen LogP contribution in [-0.2, 0) is 16.7 Å². The van der Waals surface area contributed by atoms with Crippen LogP contribution in [0.5, 0.6) is 0 Å². The molecule has 212 valence electrons. The van der Waals surface area contributed by atoms with Crippen LogP contribution in [0.25, 0.3) is 0 Å². The number of rotatable bonds is 11. The summed E-state index contributed by atoms with van der Waals surface area (Å²) < 4.78 is 34.4. The highest BCUT2D eigenvalue weighted by Gasteiger charge is 2.63. The number of benzene rings is 1. The van der Waals surface area contributed by atoms with E-state index < -0.39 is 10.3 Å². The summed E-state index contributed by atoms with van der Waals surface area (Å²) >= 11 is 0. The standard InChI is InChI=1S/C31H48N2O4S/c1-3-31-17-16-23-21-25(32-38(35,36)37)12-13-26(23)29(31)24(22-30(2)27(31)14-15-28(30)34)11-7-5-4-6-8-18-33-19-9-10-20-33/h3,12-13,21,24,27-29,32,34H,1,4-11,14-20,22H2,2H3,(H,35,36,37)/t24-,27?,28-,29?,30-,31?/m0/s1. The summed E-state index contributed by atoms with van der Waals surface area (Å²) in [6.07, 6.45) is 17.0. The molecule has 0 amide bonds. The number of nitrogens with one attached hydrogen (secondary N) is 1. The number of likely N-dealkylation sites (tertiary alicyclic amines) is 1. The van der Waals surface area contributed by atoms with E-state index in [-0.39, 0.29) is 16.9 Å². The van der Waals surface area contributed by atoms with Gasteiger partial charge in [-0.3, -0.25) is 9.27 Å². The number of allylic oxidation sites excluding steroid dienone is 1. The molecule has 6 atom stereocenters. The Kier molecular flexibility index (Phi) is 8.31. The number of hydrogen-bond donors (Lipinski definition) is 3. The van der Waals surface area contributed by atoms with Gasteiger partial charge in [-0.15, -0.1) is 6.58 Å². The molecular formula is C31H48N2O4S. The van der Waals surface area contributed by atoms with E-state index in [1.54, 1.807) is 6.07 Å². The molecule has 0 bridgehead atoms. The molecule has 3 aliphatic carbocycles. The van der Waals surface area contributed by atoms with E-state index in [4.69, 9.17) is 0 Å². The molecule has 0 aromatic heterocycles. The van der Waals surface area contributed by atoms with Crippen molar-refractivity contribution < 1.29 is 18.1 Å². The Morgan fingerprint density at radius 1 is 1.13 bits per heavy atom. The molecule has 3 fully saturated rings. The minimum Gasteiger partial charge on any atom is -0.393 e. The fraction of sp³-hybridized carbons (Fsp3) is 0.742. The summed E-state index contributed by atoms with van der Waals surface area (Å²) in [5.41, 5.74) is 2.79.